The van der Waals surface area contributed by atoms with Crippen LogP contribution in [0.1, 0.15) is 52.9 Å². The highest BCUT2D eigenvalue weighted by Crippen LogP contribution is 2.24. The van der Waals surface area contributed by atoms with Crippen LogP contribution in [-0.2, 0) is 32.2 Å². The number of rotatable bonds is 2. The molecule has 0 aliphatic carbocycles. The van der Waals surface area contributed by atoms with E-state index in [9.17, 15) is 9.59 Å². The molecule has 0 fully saturated rings. The Morgan fingerprint density at radius 1 is 0.735 bits per heavy atom. The average Bonchev–Trinajstić information content (AvgIpc) is 2.71. The van der Waals surface area contributed by atoms with E-state index in [0.717, 1.165) is 11.4 Å². The van der Waals surface area contributed by atoms with Crippen LogP contribution in [0.25, 0.3) is 0 Å². The van der Waals surface area contributed by atoms with Gasteiger partial charge in [0.2, 0.25) is 0 Å². The minimum absolute atomic E-state index is 0.169. The number of nitrogens with one attached hydrogen (secondary N) is 2. The average molecular weight is 476 g/mol. The third kappa shape index (κ3) is 6.13. The van der Waals surface area contributed by atoms with Crippen molar-refractivity contribution in [2.24, 2.45) is 0 Å². The molecule has 3 heterocycles. The smallest absolute Gasteiger partial charge is 0.253 e. The summed E-state index contributed by atoms with van der Waals surface area (Å²) in [5.41, 5.74) is -1.54. The molecule has 190 valence electrons. The predicted octanol–water partition coefficient (Wildman–Crippen LogP) is 1.31. The molecule has 34 heavy (non-hydrogen) atoms. The Kier molecular flexibility index (Phi) is 7.43. The van der Waals surface area contributed by atoms with Crippen molar-refractivity contribution >= 4 is 11.8 Å². The molecule has 1 aromatic heterocycles. The van der Waals surface area contributed by atoms with E-state index < -0.39 is 22.3 Å². The molecule has 9 heteroatoms. The fourth-order valence-electron chi connectivity index (χ4n) is 4.89. The summed E-state index contributed by atoms with van der Waals surface area (Å²) in [5, 5.41) is 6.39. The maximum absolute atomic E-state index is 13.5. The summed E-state index contributed by atoms with van der Waals surface area (Å²) in [7, 11) is 3.13. The van der Waals surface area contributed by atoms with Crippen molar-refractivity contribution in [3.05, 3.63) is 29.6 Å². The van der Waals surface area contributed by atoms with Crippen molar-refractivity contribution in [2.45, 2.75) is 76.9 Å². The lowest BCUT2D eigenvalue weighted by Crippen LogP contribution is -2.65. The zero-order valence-corrected chi connectivity index (χ0v) is 21.9. The number of aromatic nitrogens is 1. The fraction of sp³-hybridized carbons (Fsp3) is 0.720. The number of hydrogen-bond acceptors (Lipinski definition) is 7. The van der Waals surface area contributed by atoms with E-state index in [-0.39, 0.29) is 11.8 Å². The van der Waals surface area contributed by atoms with Gasteiger partial charge in [-0.1, -0.05) is 6.07 Å². The van der Waals surface area contributed by atoms with Crippen LogP contribution < -0.4 is 10.6 Å². The molecule has 2 unspecified atom stereocenters. The predicted molar refractivity (Wildman–Crippen MR) is 130 cm³/mol. The Bertz CT molecular complexity index is 851. The standard InChI is InChI=1S/C25H41N5O4/c1-22(2)14-29-12-18-10-9-11-19(26-18)13-30(17-24(5,33-7)20(31)27-22)15-23(3,4)28-21(32)25(6,16-29)34-8/h9-11H,12-17H2,1-8H3,(H,27,31)(H,28,32)/t24-,25+. The largest absolute Gasteiger partial charge is 0.367 e. The quantitative estimate of drug-likeness (QED) is 0.666. The number of hydrogen-bond donors (Lipinski definition) is 2. The van der Waals surface area contributed by atoms with Crippen LogP contribution in [0.4, 0.5) is 0 Å². The Morgan fingerprint density at radius 3 is 1.47 bits per heavy atom. The maximum atomic E-state index is 13.5. The second kappa shape index (κ2) is 9.53. The van der Waals surface area contributed by atoms with Gasteiger partial charge in [0.15, 0.2) is 11.2 Å². The van der Waals surface area contributed by atoms with E-state index in [1.54, 1.807) is 14.2 Å². The van der Waals surface area contributed by atoms with Crippen LogP contribution >= 0.6 is 0 Å². The van der Waals surface area contributed by atoms with Gasteiger partial charge in [0.25, 0.3) is 11.8 Å². The van der Waals surface area contributed by atoms with Crippen molar-refractivity contribution in [3.8, 4) is 0 Å². The van der Waals surface area contributed by atoms with Gasteiger partial charge in [0.1, 0.15) is 0 Å². The van der Waals surface area contributed by atoms with Crippen LogP contribution in [-0.4, -0.2) is 89.3 Å². The van der Waals surface area contributed by atoms with Gasteiger partial charge in [-0.05, 0) is 53.7 Å². The molecule has 2 aliphatic heterocycles. The number of pyridine rings is 1. The summed E-state index contributed by atoms with van der Waals surface area (Å²) in [6.45, 7) is 14.2. The van der Waals surface area contributed by atoms with Gasteiger partial charge in [-0.15, -0.1) is 0 Å². The molecule has 0 saturated heterocycles. The van der Waals surface area contributed by atoms with Crippen LogP contribution in [0.15, 0.2) is 18.2 Å². The third-order valence-electron chi connectivity index (χ3n) is 6.69. The Morgan fingerprint density at radius 2 is 1.12 bits per heavy atom. The van der Waals surface area contributed by atoms with Crippen LogP contribution in [0.5, 0.6) is 0 Å². The minimum Gasteiger partial charge on any atom is -0.367 e. The molecule has 0 saturated carbocycles. The Labute approximate surface area is 203 Å². The summed E-state index contributed by atoms with van der Waals surface area (Å²) in [5.74, 6) is -0.338. The summed E-state index contributed by atoms with van der Waals surface area (Å²) >= 11 is 0. The maximum Gasteiger partial charge on any atom is 0.253 e. The van der Waals surface area contributed by atoms with Crippen molar-refractivity contribution in [1.29, 1.82) is 0 Å². The summed E-state index contributed by atoms with van der Waals surface area (Å²) < 4.78 is 11.6. The number of fused-ring (bicyclic) bond motifs is 2. The lowest BCUT2D eigenvalue weighted by atomic mass is 9.95. The van der Waals surface area contributed by atoms with Gasteiger partial charge < -0.3 is 20.1 Å². The lowest BCUT2D eigenvalue weighted by Gasteiger charge is -2.43. The Hall–Kier alpha value is -2.07. The first-order valence-electron chi connectivity index (χ1n) is 11.8. The highest BCUT2D eigenvalue weighted by Gasteiger charge is 2.43. The highest BCUT2D eigenvalue weighted by atomic mass is 16.5. The number of amides is 2. The van der Waals surface area contributed by atoms with E-state index in [0.29, 0.717) is 39.3 Å². The molecular weight excluding hydrogens is 434 g/mol. The molecule has 0 spiro atoms. The number of carbonyl (C=O) groups excluding carboxylic acids is 2. The van der Waals surface area contributed by atoms with Crippen LogP contribution in [0, 0.1) is 0 Å². The molecule has 3 rings (SSSR count). The zero-order valence-electron chi connectivity index (χ0n) is 21.9. The second-order valence-electron chi connectivity index (χ2n) is 11.5. The van der Waals surface area contributed by atoms with Crippen molar-refractivity contribution in [1.82, 2.24) is 25.4 Å². The van der Waals surface area contributed by atoms with E-state index in [1.165, 1.54) is 0 Å². The van der Waals surface area contributed by atoms with E-state index in [2.05, 4.69) is 20.4 Å². The normalized spacial score (nSPS) is 34.1. The molecule has 9 nitrogen and oxygen atoms in total. The van der Waals surface area contributed by atoms with E-state index in [4.69, 9.17) is 14.5 Å². The molecule has 2 amide bonds. The number of nitrogens with zero attached hydrogens (tertiary/aromatic N) is 3. The van der Waals surface area contributed by atoms with Gasteiger partial charge in [0, 0.05) is 64.6 Å². The monoisotopic (exact) mass is 475 g/mol. The van der Waals surface area contributed by atoms with Gasteiger partial charge in [0.05, 0.1) is 11.4 Å². The van der Waals surface area contributed by atoms with E-state index >= 15 is 0 Å². The van der Waals surface area contributed by atoms with Gasteiger partial charge in [-0.2, -0.15) is 0 Å². The van der Waals surface area contributed by atoms with Gasteiger partial charge in [-0.3, -0.25) is 24.4 Å². The minimum atomic E-state index is -1.08. The van der Waals surface area contributed by atoms with Crippen LogP contribution in [0.3, 0.4) is 0 Å². The molecule has 2 aliphatic rings. The highest BCUT2D eigenvalue weighted by molar-refractivity contribution is 5.86. The molecule has 4 bridgehead atoms. The SMILES string of the molecule is CO[C@]1(C)CN2Cc3cccc(n3)CN(CC(C)(C)NC1=O)C[C@](C)(OC)C(=O)NC(C)(C)C2. The zero-order chi connectivity index (χ0) is 25.4. The third-order valence-corrected chi connectivity index (χ3v) is 6.69. The molecule has 0 aromatic carbocycles. The first kappa shape index (κ1) is 26.5. The number of ether oxygens (including phenoxy) is 2. The second-order valence-corrected chi connectivity index (χ2v) is 11.5. The lowest BCUT2D eigenvalue weighted by molar-refractivity contribution is -0.150. The van der Waals surface area contributed by atoms with Crippen LogP contribution in [0.2, 0.25) is 0 Å². The number of methoxy groups -OCH3 is 2. The molecule has 4 atom stereocenters. The van der Waals surface area contributed by atoms with Crippen molar-refractivity contribution in [3.63, 3.8) is 0 Å². The van der Waals surface area contributed by atoms with Crippen molar-refractivity contribution < 1.29 is 19.1 Å². The summed E-state index contributed by atoms with van der Waals surface area (Å²) in [6, 6.07) is 6.01. The van der Waals surface area contributed by atoms with Crippen molar-refractivity contribution in [2.75, 3.05) is 40.4 Å². The molecule has 0 radical (unpaired) electrons. The summed E-state index contributed by atoms with van der Waals surface area (Å²) in [4.78, 5) is 36.2. The van der Waals surface area contributed by atoms with Gasteiger partial charge >= 0.3 is 0 Å². The first-order valence-corrected chi connectivity index (χ1v) is 11.8. The summed E-state index contributed by atoms with van der Waals surface area (Å²) in [6.07, 6.45) is 0. The van der Waals surface area contributed by atoms with E-state index in [1.807, 2.05) is 59.7 Å². The Balaban J connectivity index is 2.20. The van der Waals surface area contributed by atoms with Gasteiger partial charge in [-0.25, -0.2) is 0 Å². The topological polar surface area (TPSA) is 96.0 Å². The fourth-order valence-corrected chi connectivity index (χ4v) is 4.89. The molecular formula is C25H41N5O4. The molecule has 2 N–H and O–H groups in total. The molecule has 1 aromatic rings. The first-order chi connectivity index (χ1) is 15.7. The number of carbonyl (C=O) groups is 2.